The molecule has 5 heteroatoms. The summed E-state index contributed by atoms with van der Waals surface area (Å²) in [5.74, 6) is 0.0447. The molecular formula is C21H25NO4. The van der Waals surface area contributed by atoms with Gasteiger partial charge in [0.25, 0.3) is 5.91 Å². The lowest BCUT2D eigenvalue weighted by molar-refractivity contribution is -0.133. The fourth-order valence-electron chi connectivity index (χ4n) is 2.90. The zero-order chi connectivity index (χ0) is 19.3. The molecule has 5 nitrogen and oxygen atoms in total. The van der Waals surface area contributed by atoms with E-state index in [-0.39, 0.29) is 12.5 Å². The second-order valence-corrected chi connectivity index (χ2v) is 6.45. The minimum absolute atomic E-state index is 0.253. The Morgan fingerprint density at radius 1 is 1.00 bits per heavy atom. The number of hydrogen-bond donors (Lipinski definition) is 0. The van der Waals surface area contributed by atoms with Gasteiger partial charge >= 0.3 is 5.97 Å². The standard InChI is InChI=1S/C21H25NO4/c1-14-10-15(2)20(16(3)11-14)21(24)26-13-19(23)22(4)12-17-6-8-18(25-5)9-7-17/h6-11H,12-13H2,1-5H3. The molecule has 0 radical (unpaired) electrons. The molecular weight excluding hydrogens is 330 g/mol. The van der Waals surface area contributed by atoms with E-state index in [0.717, 1.165) is 28.0 Å². The number of methoxy groups -OCH3 is 1. The third-order valence-corrected chi connectivity index (χ3v) is 4.21. The van der Waals surface area contributed by atoms with E-state index in [0.29, 0.717) is 12.1 Å². The smallest absolute Gasteiger partial charge is 0.339 e. The van der Waals surface area contributed by atoms with Gasteiger partial charge in [0, 0.05) is 13.6 Å². The number of carbonyl (C=O) groups is 2. The Hall–Kier alpha value is -2.82. The summed E-state index contributed by atoms with van der Waals surface area (Å²) in [5, 5.41) is 0. The van der Waals surface area contributed by atoms with Gasteiger partial charge in [0.2, 0.25) is 0 Å². The molecule has 0 saturated heterocycles. The summed E-state index contributed by atoms with van der Waals surface area (Å²) in [6.07, 6.45) is 0. The zero-order valence-corrected chi connectivity index (χ0v) is 16.0. The van der Waals surface area contributed by atoms with Crippen molar-refractivity contribution in [3.8, 4) is 5.75 Å². The SMILES string of the molecule is COc1ccc(CN(C)C(=O)COC(=O)c2c(C)cc(C)cc2C)cc1. The molecule has 0 fully saturated rings. The Bertz CT molecular complexity index is 773. The van der Waals surface area contributed by atoms with Crippen molar-refractivity contribution >= 4 is 11.9 Å². The normalized spacial score (nSPS) is 10.3. The lowest BCUT2D eigenvalue weighted by Crippen LogP contribution is -2.31. The van der Waals surface area contributed by atoms with Gasteiger partial charge in [0.1, 0.15) is 5.75 Å². The lowest BCUT2D eigenvalue weighted by Gasteiger charge is -2.18. The van der Waals surface area contributed by atoms with Crippen LogP contribution in [0, 0.1) is 20.8 Å². The van der Waals surface area contributed by atoms with Crippen LogP contribution in [-0.2, 0) is 16.1 Å². The average molecular weight is 355 g/mol. The van der Waals surface area contributed by atoms with Crippen LogP contribution in [0.2, 0.25) is 0 Å². The molecule has 138 valence electrons. The van der Waals surface area contributed by atoms with Crippen LogP contribution in [0.1, 0.15) is 32.6 Å². The van der Waals surface area contributed by atoms with Crippen molar-refractivity contribution in [2.24, 2.45) is 0 Å². The fourth-order valence-corrected chi connectivity index (χ4v) is 2.90. The van der Waals surface area contributed by atoms with E-state index in [9.17, 15) is 9.59 Å². The topological polar surface area (TPSA) is 55.8 Å². The third-order valence-electron chi connectivity index (χ3n) is 4.21. The number of carbonyl (C=O) groups excluding carboxylic acids is 2. The van der Waals surface area contributed by atoms with Crippen LogP contribution in [0.3, 0.4) is 0 Å². The quantitative estimate of drug-likeness (QED) is 0.745. The molecule has 0 aliphatic heterocycles. The van der Waals surface area contributed by atoms with Gasteiger partial charge in [-0.3, -0.25) is 4.79 Å². The minimum Gasteiger partial charge on any atom is -0.497 e. The molecule has 0 N–H and O–H groups in total. The first-order chi connectivity index (χ1) is 12.3. The third kappa shape index (κ3) is 4.85. The summed E-state index contributed by atoms with van der Waals surface area (Å²) in [6, 6.07) is 11.3. The van der Waals surface area contributed by atoms with E-state index in [1.54, 1.807) is 14.2 Å². The Balaban J connectivity index is 1.93. The van der Waals surface area contributed by atoms with E-state index in [1.165, 1.54) is 4.90 Å². The molecule has 0 aliphatic carbocycles. The van der Waals surface area contributed by atoms with Crippen molar-refractivity contribution < 1.29 is 19.1 Å². The summed E-state index contributed by atoms with van der Waals surface area (Å²) < 4.78 is 10.4. The molecule has 0 aromatic heterocycles. The number of hydrogen-bond acceptors (Lipinski definition) is 4. The maximum atomic E-state index is 12.3. The number of amides is 1. The largest absolute Gasteiger partial charge is 0.497 e. The summed E-state index contributed by atoms with van der Waals surface area (Å²) in [6.45, 7) is 5.87. The first kappa shape index (κ1) is 19.5. The Morgan fingerprint density at radius 2 is 1.58 bits per heavy atom. The number of benzene rings is 2. The first-order valence-electron chi connectivity index (χ1n) is 8.43. The molecule has 0 saturated carbocycles. The van der Waals surface area contributed by atoms with Crippen molar-refractivity contribution in [1.29, 1.82) is 0 Å². The molecule has 0 aliphatic rings. The second kappa shape index (κ2) is 8.52. The molecule has 0 spiro atoms. The van der Waals surface area contributed by atoms with E-state index < -0.39 is 5.97 Å². The van der Waals surface area contributed by atoms with E-state index >= 15 is 0 Å². The lowest BCUT2D eigenvalue weighted by atomic mass is 10.00. The fraction of sp³-hybridized carbons (Fsp3) is 0.333. The van der Waals surface area contributed by atoms with Crippen LogP contribution < -0.4 is 4.74 Å². The van der Waals surface area contributed by atoms with Crippen LogP contribution in [0.25, 0.3) is 0 Å². The van der Waals surface area contributed by atoms with Crippen molar-refractivity contribution in [3.63, 3.8) is 0 Å². The van der Waals surface area contributed by atoms with Crippen molar-refractivity contribution in [2.75, 3.05) is 20.8 Å². The van der Waals surface area contributed by atoms with Crippen LogP contribution in [0.15, 0.2) is 36.4 Å². The van der Waals surface area contributed by atoms with Gasteiger partial charge < -0.3 is 14.4 Å². The van der Waals surface area contributed by atoms with Gasteiger partial charge in [-0.1, -0.05) is 29.8 Å². The maximum Gasteiger partial charge on any atom is 0.339 e. The highest BCUT2D eigenvalue weighted by atomic mass is 16.5. The predicted molar refractivity (Wildman–Crippen MR) is 100 cm³/mol. The van der Waals surface area contributed by atoms with Crippen LogP contribution >= 0.6 is 0 Å². The molecule has 0 heterocycles. The minimum atomic E-state index is -0.466. The van der Waals surface area contributed by atoms with Gasteiger partial charge in [-0.2, -0.15) is 0 Å². The zero-order valence-electron chi connectivity index (χ0n) is 16.0. The Kier molecular flexibility index (Phi) is 6.39. The van der Waals surface area contributed by atoms with Crippen molar-refractivity contribution in [2.45, 2.75) is 27.3 Å². The predicted octanol–water partition coefficient (Wildman–Crippen LogP) is 3.44. The summed E-state index contributed by atoms with van der Waals surface area (Å²) in [4.78, 5) is 26.1. The number of nitrogens with zero attached hydrogens (tertiary/aromatic N) is 1. The Morgan fingerprint density at radius 3 is 2.12 bits per heavy atom. The number of likely N-dealkylation sites (N-methyl/N-ethyl adjacent to an activating group) is 1. The van der Waals surface area contributed by atoms with E-state index in [2.05, 4.69) is 0 Å². The molecule has 2 aromatic rings. The number of aryl methyl sites for hydroxylation is 3. The molecule has 2 rings (SSSR count). The van der Waals surface area contributed by atoms with Crippen LogP contribution in [-0.4, -0.2) is 37.5 Å². The van der Waals surface area contributed by atoms with Crippen LogP contribution in [0.4, 0.5) is 0 Å². The average Bonchev–Trinajstić information content (AvgIpc) is 2.59. The maximum absolute atomic E-state index is 12.3. The number of rotatable bonds is 6. The van der Waals surface area contributed by atoms with Crippen LogP contribution in [0.5, 0.6) is 5.75 Å². The van der Waals surface area contributed by atoms with E-state index in [4.69, 9.17) is 9.47 Å². The first-order valence-corrected chi connectivity index (χ1v) is 8.43. The molecule has 1 amide bonds. The number of esters is 1. The van der Waals surface area contributed by atoms with Gasteiger partial charge in [-0.25, -0.2) is 4.79 Å². The highest BCUT2D eigenvalue weighted by Gasteiger charge is 2.17. The van der Waals surface area contributed by atoms with Crippen molar-refractivity contribution in [3.05, 3.63) is 64.2 Å². The van der Waals surface area contributed by atoms with Gasteiger partial charge in [-0.15, -0.1) is 0 Å². The highest BCUT2D eigenvalue weighted by Crippen LogP contribution is 2.17. The van der Waals surface area contributed by atoms with Gasteiger partial charge in [0.05, 0.1) is 12.7 Å². The van der Waals surface area contributed by atoms with E-state index in [1.807, 2.05) is 57.2 Å². The molecule has 2 aromatic carbocycles. The second-order valence-electron chi connectivity index (χ2n) is 6.45. The highest BCUT2D eigenvalue weighted by molar-refractivity contribution is 5.94. The molecule has 0 atom stereocenters. The Labute approximate surface area is 154 Å². The molecule has 0 bridgehead atoms. The summed E-state index contributed by atoms with van der Waals surface area (Å²) in [5.41, 5.74) is 4.30. The molecule has 0 unspecified atom stereocenters. The van der Waals surface area contributed by atoms with Crippen molar-refractivity contribution in [1.82, 2.24) is 4.90 Å². The van der Waals surface area contributed by atoms with Gasteiger partial charge in [0.15, 0.2) is 6.61 Å². The van der Waals surface area contributed by atoms with Gasteiger partial charge in [-0.05, 0) is 49.6 Å². The molecule has 26 heavy (non-hydrogen) atoms. The monoisotopic (exact) mass is 355 g/mol. The summed E-state index contributed by atoms with van der Waals surface area (Å²) >= 11 is 0. The summed E-state index contributed by atoms with van der Waals surface area (Å²) in [7, 11) is 3.29. The number of ether oxygens (including phenoxy) is 2.